The summed E-state index contributed by atoms with van der Waals surface area (Å²) in [6.45, 7) is 1.74. The summed E-state index contributed by atoms with van der Waals surface area (Å²) in [6.07, 6.45) is 1.46. The number of aryl methyl sites for hydroxylation is 1. The lowest BCUT2D eigenvalue weighted by Crippen LogP contribution is -2.12. The fourth-order valence-electron chi connectivity index (χ4n) is 2.13. The van der Waals surface area contributed by atoms with Gasteiger partial charge in [0.2, 0.25) is 0 Å². The molecular weight excluding hydrogens is 344 g/mol. The largest absolute Gasteiger partial charge is 0.495 e. The van der Waals surface area contributed by atoms with Gasteiger partial charge < -0.3 is 19.9 Å². The number of halogens is 1. The fraction of sp³-hybridized carbons (Fsp3) is 0.118. The first-order chi connectivity index (χ1) is 12.0. The van der Waals surface area contributed by atoms with E-state index in [1.54, 1.807) is 50.4 Å². The van der Waals surface area contributed by atoms with Crippen molar-refractivity contribution in [1.82, 2.24) is 10.1 Å². The van der Waals surface area contributed by atoms with Gasteiger partial charge in [-0.1, -0.05) is 16.8 Å². The normalized spacial score (nSPS) is 10.4. The minimum Gasteiger partial charge on any atom is -0.495 e. The first-order valence-electron chi connectivity index (χ1n) is 7.36. The van der Waals surface area contributed by atoms with Gasteiger partial charge in [-0.15, -0.1) is 0 Å². The number of nitrogens with one attached hydrogen (secondary N) is 2. The topological polar surface area (TPSA) is 89.3 Å². The Morgan fingerprint density at radius 3 is 2.68 bits per heavy atom. The summed E-state index contributed by atoms with van der Waals surface area (Å²) in [5.41, 5.74) is 1.07. The second-order valence-corrected chi connectivity index (χ2v) is 5.62. The monoisotopic (exact) mass is 358 g/mol. The van der Waals surface area contributed by atoms with E-state index in [9.17, 15) is 4.79 Å². The maximum absolute atomic E-state index is 12.1. The lowest BCUT2D eigenvalue weighted by molar-refractivity contribution is 0.102. The Hall–Kier alpha value is -3.06. The first-order valence-corrected chi connectivity index (χ1v) is 7.74. The highest BCUT2D eigenvalue weighted by atomic mass is 35.5. The average molecular weight is 359 g/mol. The number of pyridine rings is 1. The van der Waals surface area contributed by atoms with E-state index >= 15 is 0 Å². The van der Waals surface area contributed by atoms with Crippen molar-refractivity contribution in [3.05, 3.63) is 58.9 Å². The molecule has 0 aliphatic rings. The van der Waals surface area contributed by atoms with Gasteiger partial charge in [0, 0.05) is 17.3 Å². The van der Waals surface area contributed by atoms with Crippen molar-refractivity contribution in [3.8, 4) is 5.75 Å². The zero-order valence-corrected chi connectivity index (χ0v) is 14.3. The third-order valence-corrected chi connectivity index (χ3v) is 3.55. The summed E-state index contributed by atoms with van der Waals surface area (Å²) in [5.74, 6) is 1.83. The third-order valence-electron chi connectivity index (χ3n) is 3.32. The summed E-state index contributed by atoms with van der Waals surface area (Å²) >= 11 is 6.00. The predicted octanol–water partition coefficient (Wildman–Crippen LogP) is 4.04. The summed E-state index contributed by atoms with van der Waals surface area (Å²) in [6, 6.07) is 10.2. The molecule has 3 aromatic rings. The fourth-order valence-corrected chi connectivity index (χ4v) is 2.30. The molecule has 3 rings (SSSR count). The van der Waals surface area contributed by atoms with Crippen molar-refractivity contribution in [3.63, 3.8) is 0 Å². The summed E-state index contributed by atoms with van der Waals surface area (Å²) < 4.78 is 10.2. The Kier molecular flexibility index (Phi) is 4.85. The molecular formula is C17H15ClN4O3. The van der Waals surface area contributed by atoms with Crippen LogP contribution in [0, 0.1) is 6.92 Å². The van der Waals surface area contributed by atoms with Crippen molar-refractivity contribution in [2.24, 2.45) is 0 Å². The number of aromatic nitrogens is 2. The van der Waals surface area contributed by atoms with E-state index in [4.69, 9.17) is 20.9 Å². The number of carbonyl (C=O) groups excluding carboxylic acids is 1. The number of methoxy groups -OCH3 is 1. The number of carbonyl (C=O) groups is 1. The molecule has 2 aromatic heterocycles. The molecule has 0 saturated carbocycles. The number of hydrogen-bond acceptors (Lipinski definition) is 6. The molecule has 1 amide bonds. The number of benzene rings is 1. The summed E-state index contributed by atoms with van der Waals surface area (Å²) in [5, 5.41) is 10.0. The minimum atomic E-state index is -0.326. The molecule has 2 N–H and O–H groups in total. The van der Waals surface area contributed by atoms with Gasteiger partial charge in [0.1, 0.15) is 17.3 Å². The van der Waals surface area contributed by atoms with Gasteiger partial charge in [-0.05, 0) is 37.3 Å². The molecule has 25 heavy (non-hydrogen) atoms. The van der Waals surface area contributed by atoms with Gasteiger partial charge in [0.15, 0.2) is 5.82 Å². The van der Waals surface area contributed by atoms with Gasteiger partial charge in [0.25, 0.3) is 5.91 Å². The Bertz CT molecular complexity index is 893. The van der Waals surface area contributed by atoms with Gasteiger partial charge >= 0.3 is 0 Å². The summed E-state index contributed by atoms with van der Waals surface area (Å²) in [4.78, 5) is 16.4. The number of amides is 1. The van der Waals surface area contributed by atoms with E-state index in [0.29, 0.717) is 39.4 Å². The van der Waals surface area contributed by atoms with Crippen LogP contribution in [-0.4, -0.2) is 23.2 Å². The second-order valence-electron chi connectivity index (χ2n) is 5.18. The van der Waals surface area contributed by atoms with E-state index in [1.807, 2.05) is 0 Å². The number of ether oxygens (including phenoxy) is 1. The molecule has 2 heterocycles. The van der Waals surface area contributed by atoms with Crippen LogP contribution in [0.15, 0.2) is 47.1 Å². The van der Waals surface area contributed by atoms with Crippen LogP contribution in [0.4, 0.5) is 17.3 Å². The van der Waals surface area contributed by atoms with E-state index in [-0.39, 0.29) is 5.91 Å². The van der Waals surface area contributed by atoms with E-state index in [1.165, 1.54) is 6.20 Å². The standard InChI is InChI=1S/C17H15ClN4O3/c1-10-7-16(22-25-10)21-17(23)11-3-6-15(19-9-11)20-13-8-12(18)4-5-14(13)24-2/h3-9H,1-2H3,(H,19,20)(H,21,22,23). The highest BCUT2D eigenvalue weighted by Crippen LogP contribution is 2.29. The average Bonchev–Trinajstić information content (AvgIpc) is 3.00. The molecule has 0 radical (unpaired) electrons. The highest BCUT2D eigenvalue weighted by molar-refractivity contribution is 6.31. The number of rotatable bonds is 5. The Balaban J connectivity index is 1.72. The third kappa shape index (κ3) is 4.07. The molecule has 0 aliphatic heterocycles. The molecule has 8 heteroatoms. The van der Waals surface area contributed by atoms with Crippen LogP contribution in [0.25, 0.3) is 0 Å². The van der Waals surface area contributed by atoms with E-state index < -0.39 is 0 Å². The van der Waals surface area contributed by atoms with Crippen LogP contribution in [-0.2, 0) is 0 Å². The van der Waals surface area contributed by atoms with Crippen molar-refractivity contribution < 1.29 is 14.1 Å². The molecule has 0 spiro atoms. The Morgan fingerprint density at radius 1 is 1.20 bits per heavy atom. The molecule has 0 fully saturated rings. The highest BCUT2D eigenvalue weighted by Gasteiger charge is 2.10. The molecule has 128 valence electrons. The van der Waals surface area contributed by atoms with Crippen LogP contribution >= 0.6 is 11.6 Å². The SMILES string of the molecule is COc1ccc(Cl)cc1Nc1ccc(C(=O)Nc2cc(C)on2)cn1. The van der Waals surface area contributed by atoms with Crippen LogP contribution in [0.5, 0.6) is 5.75 Å². The summed E-state index contributed by atoms with van der Waals surface area (Å²) in [7, 11) is 1.57. The first kappa shape index (κ1) is 16.8. The number of anilines is 3. The molecule has 0 unspecified atom stereocenters. The molecule has 0 atom stereocenters. The Morgan fingerprint density at radius 2 is 2.04 bits per heavy atom. The van der Waals surface area contributed by atoms with Crippen LogP contribution in [0.1, 0.15) is 16.1 Å². The molecule has 0 saturated heterocycles. The van der Waals surface area contributed by atoms with Gasteiger partial charge in [-0.3, -0.25) is 4.79 Å². The van der Waals surface area contributed by atoms with Crippen LogP contribution in [0.2, 0.25) is 5.02 Å². The van der Waals surface area contributed by atoms with Crippen molar-refractivity contribution in [2.75, 3.05) is 17.7 Å². The smallest absolute Gasteiger partial charge is 0.258 e. The van der Waals surface area contributed by atoms with Crippen molar-refractivity contribution in [2.45, 2.75) is 6.92 Å². The second kappa shape index (κ2) is 7.23. The van der Waals surface area contributed by atoms with Gasteiger partial charge in [-0.2, -0.15) is 0 Å². The van der Waals surface area contributed by atoms with Gasteiger partial charge in [0.05, 0.1) is 18.4 Å². The lowest BCUT2D eigenvalue weighted by atomic mass is 10.2. The molecule has 1 aromatic carbocycles. The molecule has 0 aliphatic carbocycles. The number of nitrogens with zero attached hydrogens (tertiary/aromatic N) is 2. The predicted molar refractivity (Wildman–Crippen MR) is 94.7 cm³/mol. The zero-order chi connectivity index (χ0) is 17.8. The molecule has 7 nitrogen and oxygen atoms in total. The van der Waals surface area contributed by atoms with Crippen LogP contribution < -0.4 is 15.4 Å². The van der Waals surface area contributed by atoms with Crippen molar-refractivity contribution in [1.29, 1.82) is 0 Å². The Labute approximate surface area is 149 Å². The lowest BCUT2D eigenvalue weighted by Gasteiger charge is -2.11. The maximum atomic E-state index is 12.1. The van der Waals surface area contributed by atoms with Crippen LogP contribution in [0.3, 0.4) is 0 Å². The van der Waals surface area contributed by atoms with E-state index in [0.717, 1.165) is 0 Å². The maximum Gasteiger partial charge on any atom is 0.258 e. The quantitative estimate of drug-likeness (QED) is 0.715. The van der Waals surface area contributed by atoms with Gasteiger partial charge in [-0.25, -0.2) is 4.98 Å². The minimum absolute atomic E-state index is 0.326. The van der Waals surface area contributed by atoms with E-state index in [2.05, 4.69) is 20.8 Å². The molecule has 0 bridgehead atoms. The number of hydrogen-bond donors (Lipinski definition) is 2. The zero-order valence-electron chi connectivity index (χ0n) is 13.5. The van der Waals surface area contributed by atoms with Crippen molar-refractivity contribution >= 4 is 34.8 Å².